The molecule has 0 spiro atoms. The van der Waals surface area contributed by atoms with Crippen molar-refractivity contribution in [3.63, 3.8) is 0 Å². The van der Waals surface area contributed by atoms with E-state index < -0.39 is 24.0 Å². The quantitative estimate of drug-likeness (QED) is 0.769. The minimum absolute atomic E-state index is 0.179. The van der Waals surface area contributed by atoms with Crippen molar-refractivity contribution >= 4 is 11.9 Å². The Bertz CT molecular complexity index is 554. The third-order valence-corrected chi connectivity index (χ3v) is 4.46. The number of carbonyl (C=O) groups is 2. The average Bonchev–Trinajstić information content (AvgIpc) is 2.53. The van der Waals surface area contributed by atoms with Crippen LogP contribution in [0.2, 0.25) is 0 Å². The van der Waals surface area contributed by atoms with Crippen LogP contribution >= 0.6 is 0 Å². The number of carboxylic acid groups (broad SMARTS) is 2. The molecule has 0 aromatic heterocycles. The number of rotatable bonds is 8. The Labute approximate surface area is 136 Å². The Kier molecular flexibility index (Phi) is 6.16. The highest BCUT2D eigenvalue weighted by atomic mass is 16.5. The normalized spacial score (nSPS) is 19.6. The molecule has 3 atom stereocenters. The van der Waals surface area contributed by atoms with Gasteiger partial charge in [0.1, 0.15) is 0 Å². The van der Waals surface area contributed by atoms with Crippen molar-refractivity contribution in [3.8, 4) is 0 Å². The average molecular weight is 320 g/mol. The largest absolute Gasteiger partial charge is 0.481 e. The molecule has 23 heavy (non-hydrogen) atoms. The molecule has 1 aromatic rings. The molecule has 0 fully saturated rings. The van der Waals surface area contributed by atoms with E-state index in [0.29, 0.717) is 12.8 Å². The third kappa shape index (κ3) is 4.55. The molecule has 2 N–H and O–H groups in total. The van der Waals surface area contributed by atoms with Crippen LogP contribution in [0, 0.1) is 11.8 Å². The number of benzene rings is 1. The number of carboxylic acids is 2. The lowest BCUT2D eigenvalue weighted by Gasteiger charge is -2.29. The van der Waals surface area contributed by atoms with Crippen LogP contribution in [0.1, 0.15) is 37.3 Å². The van der Waals surface area contributed by atoms with Crippen molar-refractivity contribution in [3.05, 3.63) is 35.4 Å². The van der Waals surface area contributed by atoms with Crippen LogP contribution in [-0.2, 0) is 27.2 Å². The van der Waals surface area contributed by atoms with Crippen molar-refractivity contribution in [1.82, 2.24) is 0 Å². The Morgan fingerprint density at radius 2 is 1.91 bits per heavy atom. The van der Waals surface area contributed by atoms with Gasteiger partial charge >= 0.3 is 11.9 Å². The summed E-state index contributed by atoms with van der Waals surface area (Å²) in [4.78, 5) is 23.0. The van der Waals surface area contributed by atoms with Gasteiger partial charge in [0.15, 0.2) is 6.10 Å². The maximum atomic E-state index is 11.6. The highest BCUT2D eigenvalue weighted by molar-refractivity contribution is 5.81. The van der Waals surface area contributed by atoms with Gasteiger partial charge in [0.25, 0.3) is 0 Å². The summed E-state index contributed by atoms with van der Waals surface area (Å²) in [5.74, 6) is -3.11. The lowest BCUT2D eigenvalue weighted by Crippen LogP contribution is -2.39. The van der Waals surface area contributed by atoms with E-state index in [0.717, 1.165) is 19.3 Å². The highest BCUT2D eigenvalue weighted by Crippen LogP contribution is 2.31. The van der Waals surface area contributed by atoms with Crippen molar-refractivity contribution < 1.29 is 24.5 Å². The Balaban J connectivity index is 2.07. The number of fused-ring (bicyclic) bond motifs is 1. The zero-order valence-corrected chi connectivity index (χ0v) is 13.4. The van der Waals surface area contributed by atoms with Crippen molar-refractivity contribution in [2.45, 2.75) is 45.1 Å². The molecule has 0 saturated heterocycles. The zero-order valence-electron chi connectivity index (χ0n) is 13.4. The molecule has 0 aliphatic heterocycles. The number of aryl methyl sites for hydroxylation is 1. The minimum Gasteiger partial charge on any atom is -0.481 e. The first kappa shape index (κ1) is 17.5. The van der Waals surface area contributed by atoms with Gasteiger partial charge in [0, 0.05) is 6.61 Å². The van der Waals surface area contributed by atoms with Gasteiger partial charge in [-0.3, -0.25) is 4.79 Å². The van der Waals surface area contributed by atoms with Crippen molar-refractivity contribution in [2.75, 3.05) is 6.61 Å². The monoisotopic (exact) mass is 320 g/mol. The van der Waals surface area contributed by atoms with E-state index in [2.05, 4.69) is 12.1 Å². The minimum atomic E-state index is -1.27. The van der Waals surface area contributed by atoms with Gasteiger partial charge in [-0.15, -0.1) is 0 Å². The first-order chi connectivity index (χ1) is 11.0. The molecule has 126 valence electrons. The SMILES string of the molecule is CCCO[C@H](C(=O)O)[C@@H](C[C@@H]1CCc2ccccc2C1)C(=O)O. The number of ether oxygens (including phenoxy) is 1. The van der Waals surface area contributed by atoms with Gasteiger partial charge in [-0.25, -0.2) is 4.79 Å². The van der Waals surface area contributed by atoms with Crippen LogP contribution in [0.25, 0.3) is 0 Å². The molecule has 0 heterocycles. The van der Waals surface area contributed by atoms with E-state index in [1.807, 2.05) is 19.1 Å². The van der Waals surface area contributed by atoms with E-state index >= 15 is 0 Å². The first-order valence-corrected chi connectivity index (χ1v) is 8.17. The Morgan fingerprint density at radius 1 is 1.22 bits per heavy atom. The van der Waals surface area contributed by atoms with E-state index in [-0.39, 0.29) is 12.5 Å². The van der Waals surface area contributed by atoms with Crippen molar-refractivity contribution in [2.24, 2.45) is 11.8 Å². The summed E-state index contributed by atoms with van der Waals surface area (Å²) in [6.07, 6.45) is 2.34. The Morgan fingerprint density at radius 3 is 2.52 bits per heavy atom. The lowest BCUT2D eigenvalue weighted by atomic mass is 9.78. The van der Waals surface area contributed by atoms with Gasteiger partial charge in [-0.1, -0.05) is 31.2 Å². The second-order valence-electron chi connectivity index (χ2n) is 6.19. The maximum absolute atomic E-state index is 11.6. The van der Waals surface area contributed by atoms with Crippen LogP contribution in [0.15, 0.2) is 24.3 Å². The lowest BCUT2D eigenvalue weighted by molar-refractivity contribution is -0.165. The predicted molar refractivity (Wildman–Crippen MR) is 85.4 cm³/mol. The summed E-state index contributed by atoms with van der Waals surface area (Å²) in [5, 5.41) is 18.8. The fraction of sp³-hybridized carbons (Fsp3) is 0.556. The Hall–Kier alpha value is -1.88. The van der Waals surface area contributed by atoms with Crippen LogP contribution in [0.3, 0.4) is 0 Å². The molecule has 0 bridgehead atoms. The summed E-state index contributed by atoms with van der Waals surface area (Å²) < 4.78 is 5.31. The molecular formula is C18H24O5. The molecule has 0 saturated carbocycles. The molecule has 0 amide bonds. The van der Waals surface area contributed by atoms with Gasteiger partial charge < -0.3 is 14.9 Å². The number of aliphatic carboxylic acids is 2. The number of hydrogen-bond acceptors (Lipinski definition) is 3. The van der Waals surface area contributed by atoms with Gasteiger partial charge in [0.2, 0.25) is 0 Å². The van der Waals surface area contributed by atoms with E-state index in [1.54, 1.807) is 0 Å². The summed E-state index contributed by atoms with van der Waals surface area (Å²) in [6.45, 7) is 2.13. The predicted octanol–water partition coefficient (Wildman–Crippen LogP) is 2.76. The van der Waals surface area contributed by atoms with Gasteiger partial charge in [-0.2, -0.15) is 0 Å². The summed E-state index contributed by atoms with van der Waals surface area (Å²) in [5.41, 5.74) is 2.56. The molecule has 0 radical (unpaired) electrons. The molecule has 1 aromatic carbocycles. The molecule has 2 rings (SSSR count). The van der Waals surface area contributed by atoms with Gasteiger partial charge in [0.05, 0.1) is 5.92 Å². The van der Waals surface area contributed by atoms with E-state index in [1.165, 1.54) is 11.1 Å². The van der Waals surface area contributed by atoms with Crippen LogP contribution in [0.5, 0.6) is 0 Å². The summed E-state index contributed by atoms with van der Waals surface area (Å²) in [6, 6.07) is 8.17. The second kappa shape index (κ2) is 8.11. The summed E-state index contributed by atoms with van der Waals surface area (Å²) >= 11 is 0. The second-order valence-corrected chi connectivity index (χ2v) is 6.19. The van der Waals surface area contributed by atoms with E-state index in [4.69, 9.17) is 4.74 Å². The fourth-order valence-electron chi connectivity index (χ4n) is 3.29. The van der Waals surface area contributed by atoms with Crippen LogP contribution in [0.4, 0.5) is 0 Å². The molecule has 5 heteroatoms. The highest BCUT2D eigenvalue weighted by Gasteiger charge is 2.37. The molecule has 0 unspecified atom stereocenters. The third-order valence-electron chi connectivity index (χ3n) is 4.46. The van der Waals surface area contributed by atoms with Crippen LogP contribution < -0.4 is 0 Å². The fourth-order valence-corrected chi connectivity index (χ4v) is 3.29. The molecule has 1 aliphatic rings. The standard InChI is InChI=1S/C18H24O5/c1-2-9-23-16(18(21)22)15(17(19)20)11-12-7-8-13-5-3-4-6-14(13)10-12/h3-6,12,15-16H,2,7-11H2,1H3,(H,19,20)(H,21,22)/t12-,15-,16+/m1/s1. The molecule has 5 nitrogen and oxygen atoms in total. The molecule has 1 aliphatic carbocycles. The van der Waals surface area contributed by atoms with Crippen molar-refractivity contribution in [1.29, 1.82) is 0 Å². The zero-order chi connectivity index (χ0) is 16.8. The first-order valence-electron chi connectivity index (χ1n) is 8.17. The maximum Gasteiger partial charge on any atom is 0.333 e. The molecular weight excluding hydrogens is 296 g/mol. The number of hydrogen-bond donors (Lipinski definition) is 2. The van der Waals surface area contributed by atoms with Gasteiger partial charge in [-0.05, 0) is 49.1 Å². The topological polar surface area (TPSA) is 83.8 Å². The summed E-state index contributed by atoms with van der Waals surface area (Å²) in [7, 11) is 0. The van der Waals surface area contributed by atoms with E-state index in [9.17, 15) is 19.8 Å². The smallest absolute Gasteiger partial charge is 0.333 e. The van der Waals surface area contributed by atoms with Crippen LogP contribution in [-0.4, -0.2) is 34.9 Å².